The summed E-state index contributed by atoms with van der Waals surface area (Å²) in [5.74, 6) is 0.302. The molecule has 0 aliphatic heterocycles. The summed E-state index contributed by atoms with van der Waals surface area (Å²) < 4.78 is 4.76. The molecule has 2 aromatic heterocycles. The Morgan fingerprint density at radius 2 is 2.21 bits per heavy atom. The summed E-state index contributed by atoms with van der Waals surface area (Å²) in [6.45, 7) is 0. The molecular weight excluding hydrogens is 198 g/mol. The van der Waals surface area contributed by atoms with E-state index in [0.29, 0.717) is 11.6 Å². The van der Waals surface area contributed by atoms with Gasteiger partial charge in [-0.25, -0.2) is 0 Å². The second-order valence-corrected chi connectivity index (χ2v) is 3.58. The largest absolute Gasteiger partial charge is 0.368 e. The first kappa shape index (κ1) is 9.08. The lowest BCUT2D eigenvalue weighted by Crippen LogP contribution is -1.82. The van der Waals surface area contributed by atoms with Crippen molar-refractivity contribution in [2.45, 2.75) is 4.90 Å². The van der Waals surface area contributed by atoms with Gasteiger partial charge in [0.05, 0.1) is 5.69 Å². The van der Waals surface area contributed by atoms with Crippen LogP contribution in [0.2, 0.25) is 0 Å². The molecule has 4 nitrogen and oxygen atoms in total. The van der Waals surface area contributed by atoms with Gasteiger partial charge in [-0.15, -0.1) is 11.8 Å². The zero-order valence-electron chi connectivity index (χ0n) is 7.60. The van der Waals surface area contributed by atoms with E-state index in [1.165, 1.54) is 0 Å². The van der Waals surface area contributed by atoms with Gasteiger partial charge in [-0.1, -0.05) is 5.16 Å². The lowest BCUT2D eigenvalue weighted by molar-refractivity contribution is 0.439. The van der Waals surface area contributed by atoms with E-state index in [4.69, 9.17) is 10.3 Å². The van der Waals surface area contributed by atoms with Crippen molar-refractivity contribution < 1.29 is 4.52 Å². The Kier molecular flexibility index (Phi) is 2.41. The van der Waals surface area contributed by atoms with E-state index in [9.17, 15) is 0 Å². The Morgan fingerprint density at radius 3 is 2.71 bits per heavy atom. The fourth-order valence-corrected chi connectivity index (χ4v) is 1.42. The molecule has 2 aromatic rings. The second kappa shape index (κ2) is 3.71. The Hall–Kier alpha value is -1.49. The predicted octanol–water partition coefficient (Wildman–Crippen LogP) is 2.04. The van der Waals surface area contributed by atoms with Crippen LogP contribution in [0.3, 0.4) is 0 Å². The Bertz CT molecular complexity index is 424. The van der Waals surface area contributed by atoms with Gasteiger partial charge in [0.15, 0.2) is 0 Å². The zero-order chi connectivity index (χ0) is 9.97. The van der Waals surface area contributed by atoms with Crippen LogP contribution in [0.25, 0.3) is 11.4 Å². The van der Waals surface area contributed by atoms with E-state index in [1.54, 1.807) is 24.0 Å². The third-order valence-electron chi connectivity index (χ3n) is 1.76. The molecule has 0 atom stereocenters. The lowest BCUT2D eigenvalue weighted by atomic mass is 10.3. The van der Waals surface area contributed by atoms with Crippen molar-refractivity contribution in [1.29, 1.82) is 0 Å². The molecule has 0 aromatic carbocycles. The molecule has 14 heavy (non-hydrogen) atoms. The van der Waals surface area contributed by atoms with Crippen molar-refractivity contribution in [1.82, 2.24) is 10.1 Å². The highest BCUT2D eigenvalue weighted by Gasteiger charge is 2.04. The fourth-order valence-electron chi connectivity index (χ4n) is 1.06. The summed E-state index contributed by atoms with van der Waals surface area (Å²) in [5, 5.41) is 3.77. The number of nitrogen functional groups attached to an aromatic ring is 1. The summed E-state index contributed by atoms with van der Waals surface area (Å²) >= 11 is 1.65. The molecule has 0 amide bonds. The molecule has 0 bridgehead atoms. The fraction of sp³-hybridized carbons (Fsp3) is 0.111. The van der Waals surface area contributed by atoms with Crippen LogP contribution in [0, 0.1) is 0 Å². The van der Waals surface area contributed by atoms with Crippen LogP contribution < -0.4 is 5.73 Å². The molecule has 0 fully saturated rings. The van der Waals surface area contributed by atoms with Crippen LogP contribution in [0.15, 0.2) is 33.8 Å². The van der Waals surface area contributed by atoms with Crippen LogP contribution in [-0.2, 0) is 0 Å². The summed E-state index contributed by atoms with van der Waals surface area (Å²) in [6, 6.07) is 5.53. The molecule has 0 saturated heterocycles. The Labute approximate surface area is 85.5 Å². The van der Waals surface area contributed by atoms with E-state index in [-0.39, 0.29) is 0 Å². The molecule has 0 spiro atoms. The van der Waals surface area contributed by atoms with Crippen LogP contribution in [0.5, 0.6) is 0 Å². The van der Waals surface area contributed by atoms with Gasteiger partial charge >= 0.3 is 0 Å². The van der Waals surface area contributed by atoms with Crippen LogP contribution in [-0.4, -0.2) is 16.4 Å². The van der Waals surface area contributed by atoms with Gasteiger partial charge in [-0.2, -0.15) is 0 Å². The van der Waals surface area contributed by atoms with Crippen LogP contribution in [0.4, 0.5) is 5.88 Å². The topological polar surface area (TPSA) is 64.9 Å². The number of anilines is 1. The van der Waals surface area contributed by atoms with Crippen molar-refractivity contribution >= 4 is 17.6 Å². The highest BCUT2D eigenvalue weighted by Crippen LogP contribution is 2.20. The highest BCUT2D eigenvalue weighted by atomic mass is 32.2. The number of hydrogen-bond acceptors (Lipinski definition) is 5. The van der Waals surface area contributed by atoms with Crippen molar-refractivity contribution in [3.8, 4) is 11.4 Å². The Morgan fingerprint density at radius 1 is 1.36 bits per heavy atom. The van der Waals surface area contributed by atoms with E-state index >= 15 is 0 Å². The van der Waals surface area contributed by atoms with E-state index in [0.717, 1.165) is 10.6 Å². The number of rotatable bonds is 2. The van der Waals surface area contributed by atoms with Gasteiger partial charge in [0, 0.05) is 17.2 Å². The molecule has 0 aliphatic carbocycles. The van der Waals surface area contributed by atoms with Gasteiger partial charge in [0.2, 0.25) is 5.88 Å². The van der Waals surface area contributed by atoms with Gasteiger partial charge in [-0.3, -0.25) is 4.98 Å². The first-order valence-corrected chi connectivity index (χ1v) is 5.24. The monoisotopic (exact) mass is 207 g/mol. The lowest BCUT2D eigenvalue weighted by Gasteiger charge is -1.96. The number of nitrogens with two attached hydrogens (primary N) is 1. The summed E-state index contributed by atoms with van der Waals surface area (Å²) in [5.41, 5.74) is 6.84. The summed E-state index contributed by atoms with van der Waals surface area (Å²) in [7, 11) is 0. The minimum Gasteiger partial charge on any atom is -0.368 e. The molecular formula is C9H9N3OS. The van der Waals surface area contributed by atoms with Crippen molar-refractivity contribution in [2.24, 2.45) is 0 Å². The first-order chi connectivity index (χ1) is 6.79. The molecule has 0 aliphatic rings. The molecule has 5 heteroatoms. The first-order valence-electron chi connectivity index (χ1n) is 4.02. The normalized spacial score (nSPS) is 10.4. The minimum atomic E-state index is 0.302. The van der Waals surface area contributed by atoms with Gasteiger partial charge in [0.1, 0.15) is 5.69 Å². The maximum atomic E-state index is 5.41. The van der Waals surface area contributed by atoms with E-state index in [1.807, 2.05) is 18.4 Å². The molecule has 2 N–H and O–H groups in total. The second-order valence-electron chi connectivity index (χ2n) is 2.70. The van der Waals surface area contributed by atoms with Crippen molar-refractivity contribution in [3.63, 3.8) is 0 Å². The quantitative estimate of drug-likeness (QED) is 0.763. The zero-order valence-corrected chi connectivity index (χ0v) is 8.41. The summed E-state index contributed by atoms with van der Waals surface area (Å²) in [6.07, 6.45) is 3.80. The SMILES string of the molecule is CSc1ccc(-c2cc(N)on2)nc1. The molecule has 2 heterocycles. The predicted molar refractivity (Wildman–Crippen MR) is 55.9 cm³/mol. The Balaban J connectivity index is 2.33. The number of nitrogens with zero attached hydrogens (tertiary/aromatic N) is 2. The van der Waals surface area contributed by atoms with Crippen LogP contribution >= 0.6 is 11.8 Å². The van der Waals surface area contributed by atoms with Crippen LogP contribution in [0.1, 0.15) is 0 Å². The average molecular weight is 207 g/mol. The van der Waals surface area contributed by atoms with E-state index < -0.39 is 0 Å². The van der Waals surface area contributed by atoms with Gasteiger partial charge in [-0.05, 0) is 18.4 Å². The maximum Gasteiger partial charge on any atom is 0.222 e. The number of hydrogen-bond donors (Lipinski definition) is 1. The van der Waals surface area contributed by atoms with E-state index in [2.05, 4.69) is 10.1 Å². The number of thioether (sulfide) groups is 1. The maximum absolute atomic E-state index is 5.41. The molecule has 0 saturated carbocycles. The van der Waals surface area contributed by atoms with Gasteiger partial charge < -0.3 is 10.3 Å². The molecule has 72 valence electrons. The molecule has 0 unspecified atom stereocenters. The third-order valence-corrected chi connectivity index (χ3v) is 2.48. The minimum absolute atomic E-state index is 0.302. The third kappa shape index (κ3) is 1.72. The number of aromatic nitrogens is 2. The van der Waals surface area contributed by atoms with Crippen molar-refractivity contribution in [3.05, 3.63) is 24.4 Å². The average Bonchev–Trinajstić information content (AvgIpc) is 2.65. The highest BCUT2D eigenvalue weighted by molar-refractivity contribution is 7.98. The molecule has 0 radical (unpaired) electrons. The number of pyridine rings is 1. The van der Waals surface area contributed by atoms with Crippen molar-refractivity contribution in [2.75, 3.05) is 12.0 Å². The standard InChI is InChI=1S/C9H9N3OS/c1-14-6-2-3-7(11-5-6)8-4-9(10)13-12-8/h2-5H,10H2,1H3. The summed E-state index contributed by atoms with van der Waals surface area (Å²) in [4.78, 5) is 5.35. The van der Waals surface area contributed by atoms with Gasteiger partial charge in [0.25, 0.3) is 0 Å². The molecule has 2 rings (SSSR count). The smallest absolute Gasteiger partial charge is 0.222 e.